The molecule has 0 radical (unpaired) electrons. The maximum Gasteiger partial charge on any atom is 0.223 e. The Morgan fingerprint density at radius 2 is 1.56 bits per heavy atom. The number of nitrogens with zero attached hydrogens (tertiary/aromatic N) is 2. The van der Waals surface area contributed by atoms with E-state index in [-0.39, 0.29) is 24.1 Å². The molecular weight excluding hydrogens is 528 g/mol. The summed E-state index contributed by atoms with van der Waals surface area (Å²) in [7, 11) is 0. The number of guanidine groups is 1. The highest BCUT2D eigenvalue weighted by molar-refractivity contribution is 5.78. The minimum Gasteiger partial charge on any atom is -0.508 e. The normalized spacial score (nSPS) is 15.1. The lowest BCUT2D eigenvalue weighted by molar-refractivity contribution is -0.125. The highest BCUT2D eigenvalue weighted by atomic mass is 19.1. The molecular formula is C31H37F2N5O3. The SMILES string of the molecule is NC(N)=NCCC[C@@H](CCC(O)[C@H](c1ccccc1)N1Cc2ccccc2C1)C(=O)NCc1c(F)cc(O)cc1F. The van der Waals surface area contributed by atoms with Gasteiger partial charge in [0.05, 0.1) is 12.1 Å². The summed E-state index contributed by atoms with van der Waals surface area (Å²) in [6, 6.07) is 19.4. The number of aliphatic hydroxyl groups excluding tert-OH is 1. The number of rotatable bonds is 13. The lowest BCUT2D eigenvalue weighted by Crippen LogP contribution is -2.35. The Labute approximate surface area is 238 Å². The number of aromatic hydroxyl groups is 1. The second-order valence-corrected chi connectivity index (χ2v) is 10.4. The fraction of sp³-hybridized carbons (Fsp3) is 0.355. The predicted molar refractivity (Wildman–Crippen MR) is 153 cm³/mol. The summed E-state index contributed by atoms with van der Waals surface area (Å²) in [6.45, 7) is 1.37. The molecule has 1 amide bonds. The van der Waals surface area contributed by atoms with Crippen LogP contribution in [0.3, 0.4) is 0 Å². The van der Waals surface area contributed by atoms with Gasteiger partial charge in [-0.15, -0.1) is 0 Å². The van der Waals surface area contributed by atoms with Gasteiger partial charge in [-0.3, -0.25) is 14.7 Å². The molecule has 1 aliphatic rings. The quantitative estimate of drug-likeness (QED) is 0.121. The molecule has 7 N–H and O–H groups in total. The van der Waals surface area contributed by atoms with Gasteiger partial charge in [-0.25, -0.2) is 8.78 Å². The van der Waals surface area contributed by atoms with Crippen molar-refractivity contribution in [3.63, 3.8) is 0 Å². The molecule has 3 aromatic rings. The van der Waals surface area contributed by atoms with Crippen LogP contribution in [0, 0.1) is 17.6 Å². The van der Waals surface area contributed by atoms with Gasteiger partial charge in [-0.1, -0.05) is 54.6 Å². The van der Waals surface area contributed by atoms with E-state index in [0.29, 0.717) is 45.3 Å². The van der Waals surface area contributed by atoms with Crippen molar-refractivity contribution in [3.05, 3.63) is 101 Å². The van der Waals surface area contributed by atoms with Crippen LogP contribution in [0.4, 0.5) is 8.78 Å². The summed E-state index contributed by atoms with van der Waals surface area (Å²) in [5.41, 5.74) is 13.9. The molecule has 4 rings (SSSR count). The van der Waals surface area contributed by atoms with Crippen molar-refractivity contribution < 1.29 is 23.8 Å². The first-order chi connectivity index (χ1) is 19.7. The maximum atomic E-state index is 14.2. The van der Waals surface area contributed by atoms with E-state index in [1.54, 1.807) is 0 Å². The number of halogens is 2. The number of aliphatic imine (C=N–C) groups is 1. The number of nitrogens with one attached hydrogen (secondary N) is 1. The van der Waals surface area contributed by atoms with Crippen molar-refractivity contribution in [1.82, 2.24) is 10.2 Å². The first-order valence-electron chi connectivity index (χ1n) is 13.8. The highest BCUT2D eigenvalue weighted by Gasteiger charge is 2.32. The van der Waals surface area contributed by atoms with Crippen molar-refractivity contribution in [2.24, 2.45) is 22.4 Å². The molecule has 10 heteroatoms. The number of fused-ring (bicyclic) bond motifs is 1. The molecule has 218 valence electrons. The number of phenolic OH excluding ortho intramolecular Hbond substituents is 1. The molecule has 0 aliphatic carbocycles. The highest BCUT2D eigenvalue weighted by Crippen LogP contribution is 2.35. The fourth-order valence-corrected chi connectivity index (χ4v) is 5.44. The fourth-order valence-electron chi connectivity index (χ4n) is 5.44. The zero-order valence-electron chi connectivity index (χ0n) is 22.8. The summed E-state index contributed by atoms with van der Waals surface area (Å²) < 4.78 is 28.4. The summed E-state index contributed by atoms with van der Waals surface area (Å²) in [6.07, 6.45) is 0.832. The molecule has 1 heterocycles. The zero-order valence-corrected chi connectivity index (χ0v) is 22.8. The Morgan fingerprint density at radius 3 is 2.17 bits per heavy atom. The Hall–Kier alpha value is -4.02. The molecule has 0 saturated heterocycles. The van der Waals surface area contributed by atoms with Crippen LogP contribution in [0.5, 0.6) is 5.75 Å². The van der Waals surface area contributed by atoms with Crippen LogP contribution in [0.25, 0.3) is 0 Å². The number of amides is 1. The van der Waals surface area contributed by atoms with Crippen LogP contribution in [-0.4, -0.2) is 39.6 Å². The minimum atomic E-state index is -0.945. The monoisotopic (exact) mass is 565 g/mol. The number of benzene rings is 3. The van der Waals surface area contributed by atoms with E-state index < -0.39 is 35.3 Å². The van der Waals surface area contributed by atoms with Gasteiger partial charge in [0.15, 0.2) is 5.96 Å². The standard InChI is InChI=1S/C31H37F2N5O3/c32-26-15-24(39)16-27(33)25(26)17-37-30(41)21(11-6-14-36-31(34)35)12-13-28(40)29(20-7-2-1-3-8-20)38-18-22-9-4-5-10-23(22)19-38/h1-5,7-10,15-16,21,28-29,39-40H,6,11-14,17-19H2,(H,37,41)(H4,34,35,36)/t21-,28?,29-/m0/s1. The van der Waals surface area contributed by atoms with E-state index in [0.717, 1.165) is 17.7 Å². The van der Waals surface area contributed by atoms with Crippen LogP contribution < -0.4 is 16.8 Å². The molecule has 0 spiro atoms. The van der Waals surface area contributed by atoms with Crippen LogP contribution in [0.2, 0.25) is 0 Å². The van der Waals surface area contributed by atoms with Gasteiger partial charge < -0.3 is 27.0 Å². The Kier molecular flexibility index (Phi) is 10.3. The Bertz CT molecular complexity index is 1300. The van der Waals surface area contributed by atoms with Crippen LogP contribution in [0.15, 0.2) is 71.7 Å². The number of nitrogens with two attached hydrogens (primary N) is 2. The molecule has 0 bridgehead atoms. The van der Waals surface area contributed by atoms with Gasteiger partial charge in [-0.05, 0) is 42.4 Å². The van der Waals surface area contributed by atoms with E-state index >= 15 is 0 Å². The van der Waals surface area contributed by atoms with Gasteiger partial charge in [0.25, 0.3) is 0 Å². The summed E-state index contributed by atoms with van der Waals surface area (Å²) in [5, 5.41) is 23.6. The smallest absolute Gasteiger partial charge is 0.223 e. The van der Waals surface area contributed by atoms with E-state index in [1.807, 2.05) is 42.5 Å². The van der Waals surface area contributed by atoms with Crippen LogP contribution in [0.1, 0.15) is 54.0 Å². The van der Waals surface area contributed by atoms with Crippen molar-refractivity contribution in [2.45, 2.75) is 57.5 Å². The first-order valence-corrected chi connectivity index (χ1v) is 13.8. The van der Waals surface area contributed by atoms with E-state index in [9.17, 15) is 23.8 Å². The number of carbonyl (C=O) groups excluding carboxylic acids is 1. The average molecular weight is 566 g/mol. The molecule has 41 heavy (non-hydrogen) atoms. The summed E-state index contributed by atoms with van der Waals surface area (Å²) >= 11 is 0. The topological polar surface area (TPSA) is 137 Å². The minimum absolute atomic E-state index is 0.0444. The van der Waals surface area contributed by atoms with E-state index in [4.69, 9.17) is 11.5 Å². The second-order valence-electron chi connectivity index (χ2n) is 10.4. The van der Waals surface area contributed by atoms with Crippen molar-refractivity contribution in [1.29, 1.82) is 0 Å². The number of aliphatic hydroxyl groups is 1. The second kappa shape index (κ2) is 14.0. The first kappa shape index (κ1) is 30.0. The zero-order chi connectivity index (χ0) is 29.4. The van der Waals surface area contributed by atoms with Gasteiger partial charge in [-0.2, -0.15) is 0 Å². The number of phenols is 1. The van der Waals surface area contributed by atoms with Crippen molar-refractivity contribution >= 4 is 11.9 Å². The van der Waals surface area contributed by atoms with E-state index in [1.165, 1.54) is 11.1 Å². The predicted octanol–water partition coefficient (Wildman–Crippen LogP) is 3.85. The van der Waals surface area contributed by atoms with Crippen molar-refractivity contribution in [2.75, 3.05) is 6.54 Å². The Morgan fingerprint density at radius 1 is 0.951 bits per heavy atom. The van der Waals surface area contributed by atoms with E-state index in [2.05, 4.69) is 27.3 Å². The molecule has 3 aromatic carbocycles. The average Bonchev–Trinajstić information content (AvgIpc) is 3.36. The largest absolute Gasteiger partial charge is 0.508 e. The maximum absolute atomic E-state index is 14.2. The molecule has 0 aromatic heterocycles. The summed E-state index contributed by atoms with van der Waals surface area (Å²) in [5.74, 6) is -3.40. The van der Waals surface area contributed by atoms with Crippen LogP contribution in [-0.2, 0) is 24.4 Å². The lowest BCUT2D eigenvalue weighted by atomic mass is 9.90. The molecule has 0 saturated carbocycles. The van der Waals surface area contributed by atoms with Gasteiger partial charge in [0.2, 0.25) is 5.91 Å². The van der Waals surface area contributed by atoms with Gasteiger partial charge in [0, 0.05) is 49.8 Å². The molecule has 1 unspecified atom stereocenters. The molecule has 3 atom stereocenters. The van der Waals surface area contributed by atoms with Crippen LogP contribution >= 0.6 is 0 Å². The number of hydrogen-bond donors (Lipinski definition) is 5. The molecule has 0 fully saturated rings. The third kappa shape index (κ3) is 8.02. The third-order valence-corrected chi connectivity index (χ3v) is 7.52. The van der Waals surface area contributed by atoms with Crippen molar-refractivity contribution in [3.8, 4) is 5.75 Å². The van der Waals surface area contributed by atoms with Gasteiger partial charge in [0.1, 0.15) is 17.4 Å². The molecule has 8 nitrogen and oxygen atoms in total. The number of carbonyl (C=O) groups is 1. The molecule has 1 aliphatic heterocycles. The lowest BCUT2D eigenvalue weighted by Gasteiger charge is -2.33. The Balaban J connectivity index is 1.46. The number of hydrogen-bond acceptors (Lipinski definition) is 5. The summed E-state index contributed by atoms with van der Waals surface area (Å²) in [4.78, 5) is 19.4. The van der Waals surface area contributed by atoms with Gasteiger partial charge >= 0.3 is 0 Å². The third-order valence-electron chi connectivity index (χ3n) is 7.52.